The molecule has 0 saturated carbocycles. The lowest BCUT2D eigenvalue weighted by Gasteiger charge is -2.39. The van der Waals surface area contributed by atoms with Gasteiger partial charge < -0.3 is 10.0 Å². The summed E-state index contributed by atoms with van der Waals surface area (Å²) >= 11 is 0. The van der Waals surface area contributed by atoms with Crippen molar-refractivity contribution >= 4 is 11.8 Å². The zero-order chi connectivity index (χ0) is 15.7. The topological polar surface area (TPSA) is 53.4 Å². The molecule has 0 unspecified atom stereocenters. The Hall–Kier alpha value is -1.79. The van der Waals surface area contributed by atoms with E-state index < -0.39 is 23.1 Å². The van der Waals surface area contributed by atoms with E-state index in [9.17, 15) is 23.1 Å². The van der Waals surface area contributed by atoms with Crippen molar-refractivity contribution < 1.29 is 23.1 Å². The van der Waals surface area contributed by atoms with Gasteiger partial charge in [-0.15, -0.1) is 0 Å². The molecule has 0 amide bonds. The van der Waals surface area contributed by atoms with Crippen molar-refractivity contribution in [1.29, 1.82) is 0 Å². The van der Waals surface area contributed by atoms with E-state index in [2.05, 4.69) is 4.98 Å². The Labute approximate surface area is 120 Å². The van der Waals surface area contributed by atoms with Crippen LogP contribution in [0, 0.1) is 5.41 Å². The number of carboxylic acids is 1. The molecule has 0 aromatic carbocycles. The molecule has 1 aromatic heterocycles. The molecule has 116 valence electrons. The zero-order valence-corrected chi connectivity index (χ0v) is 11.7. The first-order chi connectivity index (χ1) is 9.80. The molecule has 2 rings (SSSR count). The fraction of sp³-hybridized carbons (Fsp3) is 0.571. The van der Waals surface area contributed by atoms with E-state index in [1.807, 2.05) is 0 Å². The van der Waals surface area contributed by atoms with E-state index in [1.165, 1.54) is 17.2 Å². The van der Waals surface area contributed by atoms with Crippen molar-refractivity contribution in [3.05, 3.63) is 23.9 Å². The van der Waals surface area contributed by atoms with Gasteiger partial charge in [-0.2, -0.15) is 13.2 Å². The Kier molecular flexibility index (Phi) is 4.11. The summed E-state index contributed by atoms with van der Waals surface area (Å²) in [7, 11) is 0. The van der Waals surface area contributed by atoms with Crippen LogP contribution in [0.4, 0.5) is 19.0 Å². The van der Waals surface area contributed by atoms with Crippen molar-refractivity contribution in [3.8, 4) is 0 Å². The summed E-state index contributed by atoms with van der Waals surface area (Å²) < 4.78 is 39.0. The summed E-state index contributed by atoms with van der Waals surface area (Å²) in [5.74, 6) is -0.984. The number of hydrogen-bond acceptors (Lipinski definition) is 3. The monoisotopic (exact) mass is 302 g/mol. The maximum absolute atomic E-state index is 13.0. The quantitative estimate of drug-likeness (QED) is 0.931. The Morgan fingerprint density at radius 1 is 1.43 bits per heavy atom. The molecule has 2 heterocycles. The van der Waals surface area contributed by atoms with Crippen molar-refractivity contribution in [2.75, 3.05) is 18.0 Å². The summed E-state index contributed by atoms with van der Waals surface area (Å²) in [4.78, 5) is 16.7. The van der Waals surface area contributed by atoms with Crippen molar-refractivity contribution in [2.45, 2.75) is 32.4 Å². The number of rotatable bonds is 3. The predicted octanol–water partition coefficient (Wildman–Crippen LogP) is 3.18. The summed E-state index contributed by atoms with van der Waals surface area (Å²) in [6.07, 6.45) is -2.01. The largest absolute Gasteiger partial charge is 0.481 e. The highest BCUT2D eigenvalue weighted by Gasteiger charge is 2.42. The van der Waals surface area contributed by atoms with Gasteiger partial charge in [0.05, 0.1) is 11.0 Å². The Balaban J connectivity index is 2.22. The van der Waals surface area contributed by atoms with E-state index in [1.54, 1.807) is 6.92 Å². The number of hydrogen-bond donors (Lipinski definition) is 1. The molecule has 0 radical (unpaired) electrons. The number of pyridine rings is 1. The molecule has 0 spiro atoms. The lowest BCUT2D eigenvalue weighted by atomic mass is 9.76. The fourth-order valence-corrected chi connectivity index (χ4v) is 2.74. The zero-order valence-electron chi connectivity index (χ0n) is 11.7. The normalized spacial score (nSPS) is 18.6. The van der Waals surface area contributed by atoms with Crippen LogP contribution in [0.3, 0.4) is 0 Å². The first-order valence-corrected chi connectivity index (χ1v) is 6.81. The maximum atomic E-state index is 13.0. The van der Waals surface area contributed by atoms with Crippen LogP contribution >= 0.6 is 0 Å². The van der Waals surface area contributed by atoms with Gasteiger partial charge in [0.15, 0.2) is 0 Å². The molecule has 1 aromatic rings. The molecule has 0 bridgehead atoms. The van der Waals surface area contributed by atoms with E-state index >= 15 is 0 Å². The average Bonchev–Trinajstić information content (AvgIpc) is 2.46. The molecule has 1 N–H and O–H groups in total. The first kappa shape index (κ1) is 15.6. The van der Waals surface area contributed by atoms with E-state index in [0.717, 1.165) is 6.07 Å². The standard InChI is InChI=1S/C14H17F3N2O2/c1-2-13(12(20)21)5-8-19(9-6-13)11-10(14(15,16)17)4-3-7-18-11/h3-4,7H,2,5-6,8-9H2,1H3,(H,20,21). The van der Waals surface area contributed by atoms with Gasteiger partial charge in [0.2, 0.25) is 0 Å². The van der Waals surface area contributed by atoms with E-state index in [-0.39, 0.29) is 18.9 Å². The van der Waals surface area contributed by atoms with Crippen LogP contribution in [0.2, 0.25) is 0 Å². The minimum absolute atomic E-state index is 0.111. The third-order valence-corrected chi connectivity index (χ3v) is 4.24. The van der Waals surface area contributed by atoms with E-state index in [0.29, 0.717) is 19.3 Å². The molecule has 1 fully saturated rings. The highest BCUT2D eigenvalue weighted by atomic mass is 19.4. The van der Waals surface area contributed by atoms with Crippen LogP contribution in [0.25, 0.3) is 0 Å². The van der Waals surface area contributed by atoms with Gasteiger partial charge >= 0.3 is 12.1 Å². The minimum Gasteiger partial charge on any atom is -0.481 e. The lowest BCUT2D eigenvalue weighted by Crippen LogP contribution is -2.45. The Morgan fingerprint density at radius 3 is 2.52 bits per heavy atom. The molecule has 1 aliphatic rings. The SMILES string of the molecule is CCC1(C(=O)O)CCN(c2ncccc2C(F)(F)F)CC1. The number of piperidine rings is 1. The number of carboxylic acid groups (broad SMARTS) is 1. The van der Waals surface area contributed by atoms with Gasteiger partial charge in [0, 0.05) is 19.3 Å². The van der Waals surface area contributed by atoms with E-state index in [4.69, 9.17) is 0 Å². The second kappa shape index (κ2) is 5.54. The number of aliphatic carboxylic acids is 1. The Bertz CT molecular complexity index is 523. The van der Waals surface area contributed by atoms with Crippen LogP contribution in [-0.4, -0.2) is 29.1 Å². The molecular formula is C14H17F3N2O2. The van der Waals surface area contributed by atoms with Crippen LogP contribution in [-0.2, 0) is 11.0 Å². The average molecular weight is 302 g/mol. The highest BCUT2D eigenvalue weighted by Crippen LogP contribution is 2.40. The summed E-state index contributed by atoms with van der Waals surface area (Å²) in [5.41, 5.74) is -1.60. The second-order valence-corrected chi connectivity index (χ2v) is 5.30. The highest BCUT2D eigenvalue weighted by molar-refractivity contribution is 5.75. The van der Waals surface area contributed by atoms with Gasteiger partial charge in [-0.05, 0) is 31.4 Å². The van der Waals surface area contributed by atoms with Crippen LogP contribution < -0.4 is 4.90 Å². The smallest absolute Gasteiger partial charge is 0.419 e. The molecule has 0 aliphatic carbocycles. The van der Waals surface area contributed by atoms with Gasteiger partial charge in [-0.25, -0.2) is 4.98 Å². The summed E-state index contributed by atoms with van der Waals surface area (Å²) in [6.45, 7) is 2.33. The lowest BCUT2D eigenvalue weighted by molar-refractivity contribution is -0.150. The number of anilines is 1. The van der Waals surface area contributed by atoms with Crippen molar-refractivity contribution in [2.24, 2.45) is 5.41 Å². The first-order valence-electron chi connectivity index (χ1n) is 6.81. The molecular weight excluding hydrogens is 285 g/mol. The molecule has 0 atom stereocenters. The maximum Gasteiger partial charge on any atom is 0.419 e. The van der Waals surface area contributed by atoms with Gasteiger partial charge in [0.1, 0.15) is 5.82 Å². The number of aromatic nitrogens is 1. The number of nitrogens with zero attached hydrogens (tertiary/aromatic N) is 2. The predicted molar refractivity (Wildman–Crippen MR) is 71.0 cm³/mol. The van der Waals surface area contributed by atoms with Crippen LogP contribution in [0.5, 0.6) is 0 Å². The van der Waals surface area contributed by atoms with Crippen molar-refractivity contribution in [1.82, 2.24) is 4.98 Å². The molecule has 21 heavy (non-hydrogen) atoms. The molecule has 4 nitrogen and oxygen atoms in total. The summed E-state index contributed by atoms with van der Waals surface area (Å²) in [5, 5.41) is 9.32. The third-order valence-electron chi connectivity index (χ3n) is 4.24. The molecule has 7 heteroatoms. The second-order valence-electron chi connectivity index (χ2n) is 5.30. The van der Waals surface area contributed by atoms with Crippen molar-refractivity contribution in [3.63, 3.8) is 0 Å². The number of alkyl halides is 3. The third kappa shape index (κ3) is 2.96. The number of carbonyl (C=O) groups is 1. The molecule has 1 aliphatic heterocycles. The Morgan fingerprint density at radius 2 is 2.05 bits per heavy atom. The fourth-order valence-electron chi connectivity index (χ4n) is 2.74. The minimum atomic E-state index is -4.46. The van der Waals surface area contributed by atoms with Gasteiger partial charge in [-0.1, -0.05) is 6.92 Å². The number of halogens is 3. The van der Waals surface area contributed by atoms with Gasteiger partial charge in [0.25, 0.3) is 0 Å². The summed E-state index contributed by atoms with van der Waals surface area (Å²) in [6, 6.07) is 2.26. The van der Waals surface area contributed by atoms with Crippen LogP contribution in [0.1, 0.15) is 31.7 Å². The van der Waals surface area contributed by atoms with Gasteiger partial charge in [-0.3, -0.25) is 4.79 Å². The van der Waals surface area contributed by atoms with Crippen LogP contribution in [0.15, 0.2) is 18.3 Å². The molecule has 1 saturated heterocycles.